The molecule has 0 aromatic carbocycles. The van der Waals surface area contributed by atoms with Gasteiger partial charge in [-0.25, -0.2) is 0 Å². The molecule has 0 saturated carbocycles. The van der Waals surface area contributed by atoms with Gasteiger partial charge in [0.2, 0.25) is 0 Å². The van der Waals surface area contributed by atoms with E-state index in [2.05, 4.69) is 24.6 Å². The second-order valence-electron chi connectivity index (χ2n) is 4.20. The van der Waals surface area contributed by atoms with Crippen molar-refractivity contribution >= 4 is 0 Å². The summed E-state index contributed by atoms with van der Waals surface area (Å²) in [5, 5.41) is 3.38. The van der Waals surface area contributed by atoms with Gasteiger partial charge in [0.15, 0.2) is 0 Å². The minimum atomic E-state index is 0.550. The van der Waals surface area contributed by atoms with Gasteiger partial charge in [-0.1, -0.05) is 13.8 Å². The molecule has 1 aliphatic heterocycles. The molecule has 1 aliphatic rings. The molecule has 3 heteroatoms. The van der Waals surface area contributed by atoms with Crippen molar-refractivity contribution in [2.75, 3.05) is 19.7 Å². The normalized spacial score (nSPS) is 24.7. The first-order valence-corrected chi connectivity index (χ1v) is 5.37. The summed E-state index contributed by atoms with van der Waals surface area (Å²) >= 11 is 0. The van der Waals surface area contributed by atoms with Gasteiger partial charge in [-0.15, -0.1) is 0 Å². The molecule has 1 unspecified atom stereocenters. The van der Waals surface area contributed by atoms with Crippen LogP contribution in [0.25, 0.3) is 0 Å². The summed E-state index contributed by atoms with van der Waals surface area (Å²) in [4.78, 5) is 5.41. The fourth-order valence-corrected chi connectivity index (χ4v) is 1.47. The zero-order valence-corrected chi connectivity index (χ0v) is 8.81. The highest BCUT2D eigenvalue weighted by Gasteiger charge is 2.11. The van der Waals surface area contributed by atoms with E-state index in [4.69, 9.17) is 4.84 Å². The number of nitrogens with one attached hydrogen (secondary N) is 2. The quantitative estimate of drug-likeness (QED) is 0.649. The average Bonchev–Trinajstić information content (AvgIpc) is 2.32. The number of hydrogen-bond donors (Lipinski definition) is 2. The minimum absolute atomic E-state index is 0.550. The number of hydroxylamine groups is 1. The Kier molecular flexibility index (Phi) is 5.35. The summed E-state index contributed by atoms with van der Waals surface area (Å²) < 4.78 is 0. The van der Waals surface area contributed by atoms with Crippen molar-refractivity contribution < 1.29 is 4.84 Å². The van der Waals surface area contributed by atoms with Crippen molar-refractivity contribution in [3.8, 4) is 0 Å². The summed E-state index contributed by atoms with van der Waals surface area (Å²) in [5.41, 5.74) is 3.15. The van der Waals surface area contributed by atoms with Crippen LogP contribution in [0.5, 0.6) is 0 Å². The Bertz CT molecular complexity index is 120. The highest BCUT2D eigenvalue weighted by atomic mass is 16.6. The van der Waals surface area contributed by atoms with E-state index in [0.29, 0.717) is 12.0 Å². The highest BCUT2D eigenvalue weighted by molar-refractivity contribution is 4.69. The first kappa shape index (κ1) is 11.0. The summed E-state index contributed by atoms with van der Waals surface area (Å²) in [6, 6.07) is 0.550. The van der Waals surface area contributed by atoms with Crippen LogP contribution in [0.4, 0.5) is 0 Å². The Morgan fingerprint density at radius 2 is 2.23 bits per heavy atom. The van der Waals surface area contributed by atoms with Crippen LogP contribution >= 0.6 is 0 Å². The van der Waals surface area contributed by atoms with Gasteiger partial charge >= 0.3 is 0 Å². The lowest BCUT2D eigenvalue weighted by Crippen LogP contribution is -2.31. The van der Waals surface area contributed by atoms with Gasteiger partial charge < -0.3 is 10.2 Å². The minimum Gasteiger partial charge on any atom is -0.317 e. The van der Waals surface area contributed by atoms with Gasteiger partial charge in [-0.2, -0.15) is 5.48 Å². The average molecular weight is 186 g/mol. The van der Waals surface area contributed by atoms with Crippen LogP contribution in [0.3, 0.4) is 0 Å². The molecule has 0 aliphatic carbocycles. The maximum atomic E-state index is 5.41. The van der Waals surface area contributed by atoms with Crippen LogP contribution in [-0.4, -0.2) is 25.7 Å². The van der Waals surface area contributed by atoms with E-state index in [1.54, 1.807) is 0 Å². The first-order chi connectivity index (χ1) is 6.29. The van der Waals surface area contributed by atoms with E-state index < -0.39 is 0 Å². The Morgan fingerprint density at radius 1 is 1.38 bits per heavy atom. The van der Waals surface area contributed by atoms with Gasteiger partial charge in [-0.05, 0) is 38.3 Å². The standard InChI is InChI=1S/C10H22N2O/c1-9(2)8-13-12-10-4-3-6-11-7-5-10/h9-12H,3-8H2,1-2H3. The predicted octanol–water partition coefficient (Wildman–Crippen LogP) is 1.31. The molecule has 1 rings (SSSR count). The smallest absolute Gasteiger partial charge is 0.0705 e. The molecular weight excluding hydrogens is 164 g/mol. The van der Waals surface area contributed by atoms with E-state index in [0.717, 1.165) is 19.7 Å². The fourth-order valence-electron chi connectivity index (χ4n) is 1.47. The monoisotopic (exact) mass is 186 g/mol. The molecule has 1 fully saturated rings. The van der Waals surface area contributed by atoms with Crippen molar-refractivity contribution in [2.24, 2.45) is 5.92 Å². The molecule has 1 heterocycles. The number of rotatable bonds is 4. The molecule has 78 valence electrons. The van der Waals surface area contributed by atoms with Crippen LogP contribution in [-0.2, 0) is 4.84 Å². The molecule has 1 saturated heterocycles. The molecule has 2 N–H and O–H groups in total. The molecule has 0 aromatic rings. The Hall–Kier alpha value is -0.120. The molecule has 13 heavy (non-hydrogen) atoms. The first-order valence-electron chi connectivity index (χ1n) is 5.37. The Balaban J connectivity index is 2.05. The molecule has 3 nitrogen and oxygen atoms in total. The Labute approximate surface area is 81.2 Å². The molecular formula is C10H22N2O. The van der Waals surface area contributed by atoms with Crippen LogP contribution in [0.1, 0.15) is 33.1 Å². The van der Waals surface area contributed by atoms with Crippen molar-refractivity contribution in [3.63, 3.8) is 0 Å². The second kappa shape index (κ2) is 6.35. The Morgan fingerprint density at radius 3 is 3.00 bits per heavy atom. The largest absolute Gasteiger partial charge is 0.317 e. The van der Waals surface area contributed by atoms with Crippen LogP contribution in [0.15, 0.2) is 0 Å². The SMILES string of the molecule is CC(C)CONC1CCCNCC1. The van der Waals surface area contributed by atoms with E-state index in [9.17, 15) is 0 Å². The third-order valence-electron chi connectivity index (χ3n) is 2.24. The zero-order chi connectivity index (χ0) is 9.52. The maximum absolute atomic E-state index is 5.41. The summed E-state index contributed by atoms with van der Waals surface area (Å²) in [7, 11) is 0. The lowest BCUT2D eigenvalue weighted by Gasteiger charge is -2.16. The van der Waals surface area contributed by atoms with Crippen molar-refractivity contribution in [1.29, 1.82) is 0 Å². The van der Waals surface area contributed by atoms with Crippen LogP contribution in [0.2, 0.25) is 0 Å². The molecule has 0 bridgehead atoms. The number of hydrogen-bond acceptors (Lipinski definition) is 3. The van der Waals surface area contributed by atoms with Gasteiger partial charge in [0.1, 0.15) is 0 Å². The van der Waals surface area contributed by atoms with Crippen LogP contribution in [0, 0.1) is 5.92 Å². The third-order valence-corrected chi connectivity index (χ3v) is 2.24. The van der Waals surface area contributed by atoms with Gasteiger partial charge in [-0.3, -0.25) is 0 Å². The summed E-state index contributed by atoms with van der Waals surface area (Å²) in [5.74, 6) is 0.608. The van der Waals surface area contributed by atoms with E-state index in [1.807, 2.05) is 0 Å². The predicted molar refractivity (Wildman–Crippen MR) is 54.4 cm³/mol. The summed E-state index contributed by atoms with van der Waals surface area (Å²) in [6.07, 6.45) is 3.66. The lowest BCUT2D eigenvalue weighted by molar-refractivity contribution is -0.00155. The van der Waals surface area contributed by atoms with Gasteiger partial charge in [0, 0.05) is 6.04 Å². The van der Waals surface area contributed by atoms with Crippen molar-refractivity contribution in [3.05, 3.63) is 0 Å². The molecule has 0 aromatic heterocycles. The second-order valence-corrected chi connectivity index (χ2v) is 4.20. The maximum Gasteiger partial charge on any atom is 0.0705 e. The highest BCUT2D eigenvalue weighted by Crippen LogP contribution is 2.04. The summed E-state index contributed by atoms with van der Waals surface area (Å²) in [6.45, 7) is 7.40. The molecule has 0 radical (unpaired) electrons. The topological polar surface area (TPSA) is 33.3 Å². The van der Waals surface area contributed by atoms with Gasteiger partial charge in [0.05, 0.1) is 6.61 Å². The van der Waals surface area contributed by atoms with E-state index in [-0.39, 0.29) is 0 Å². The molecule has 1 atom stereocenters. The van der Waals surface area contributed by atoms with E-state index >= 15 is 0 Å². The third kappa shape index (κ3) is 5.24. The lowest BCUT2D eigenvalue weighted by atomic mass is 10.1. The van der Waals surface area contributed by atoms with Crippen LogP contribution < -0.4 is 10.8 Å². The zero-order valence-electron chi connectivity index (χ0n) is 8.81. The van der Waals surface area contributed by atoms with Crippen molar-refractivity contribution in [1.82, 2.24) is 10.8 Å². The fraction of sp³-hybridized carbons (Fsp3) is 1.00. The molecule has 0 spiro atoms. The van der Waals surface area contributed by atoms with Gasteiger partial charge in [0.25, 0.3) is 0 Å². The van der Waals surface area contributed by atoms with Crippen molar-refractivity contribution in [2.45, 2.75) is 39.2 Å². The van der Waals surface area contributed by atoms with E-state index in [1.165, 1.54) is 19.3 Å². The molecule has 0 amide bonds.